The number of H-pyrrole nitrogens is 1. The molecule has 0 radical (unpaired) electrons. The predicted octanol–water partition coefficient (Wildman–Crippen LogP) is 2.77. The van der Waals surface area contributed by atoms with Gasteiger partial charge in [0, 0.05) is 18.0 Å². The topological polar surface area (TPSA) is 94.9 Å². The Kier molecular flexibility index (Phi) is 3.22. The lowest BCUT2D eigenvalue weighted by Crippen LogP contribution is -2.21. The number of aromatic nitrogens is 1. The number of ketones is 1. The van der Waals surface area contributed by atoms with E-state index in [1.165, 1.54) is 0 Å². The molecule has 6 nitrogen and oxygen atoms in total. The SMILES string of the molecule is O=C(N=NC1=C(O)C2CCCCC2C1=O)c1ccc[nH]1. The van der Waals surface area contributed by atoms with Crippen molar-refractivity contribution in [3.05, 3.63) is 35.5 Å². The molecule has 1 heterocycles. The number of aliphatic hydroxyl groups excluding tert-OH is 1. The van der Waals surface area contributed by atoms with Gasteiger partial charge < -0.3 is 10.1 Å². The molecule has 1 aromatic rings. The highest BCUT2D eigenvalue weighted by Gasteiger charge is 2.43. The molecule has 1 amide bonds. The molecule has 0 aromatic carbocycles. The van der Waals surface area contributed by atoms with E-state index in [0.29, 0.717) is 5.69 Å². The average Bonchev–Trinajstić information content (AvgIpc) is 3.07. The molecule has 0 bridgehead atoms. The van der Waals surface area contributed by atoms with Crippen molar-refractivity contribution in [2.75, 3.05) is 0 Å². The summed E-state index contributed by atoms with van der Waals surface area (Å²) in [5, 5.41) is 17.3. The van der Waals surface area contributed by atoms with Crippen molar-refractivity contribution < 1.29 is 14.7 Å². The van der Waals surface area contributed by atoms with E-state index in [-0.39, 0.29) is 29.1 Å². The van der Waals surface area contributed by atoms with Crippen molar-refractivity contribution in [1.29, 1.82) is 0 Å². The van der Waals surface area contributed by atoms with Gasteiger partial charge in [-0.15, -0.1) is 10.2 Å². The van der Waals surface area contributed by atoms with E-state index in [9.17, 15) is 14.7 Å². The van der Waals surface area contributed by atoms with Crippen molar-refractivity contribution in [1.82, 2.24) is 4.98 Å². The Bertz CT molecular complexity index is 601. The number of Topliss-reactive ketones (excluding diaryl/α,β-unsaturated/α-hetero) is 1. The number of rotatable bonds is 2. The van der Waals surface area contributed by atoms with Crippen molar-refractivity contribution in [2.24, 2.45) is 22.1 Å². The van der Waals surface area contributed by atoms with E-state index in [4.69, 9.17) is 0 Å². The van der Waals surface area contributed by atoms with Crippen molar-refractivity contribution in [3.8, 4) is 0 Å². The molecule has 2 atom stereocenters. The first kappa shape index (κ1) is 12.8. The van der Waals surface area contributed by atoms with Crippen LogP contribution in [0.2, 0.25) is 0 Å². The molecule has 20 heavy (non-hydrogen) atoms. The van der Waals surface area contributed by atoms with Gasteiger partial charge in [0.15, 0.2) is 11.5 Å². The number of nitrogens with zero attached hydrogens (tertiary/aromatic N) is 2. The number of carbonyl (C=O) groups is 2. The summed E-state index contributed by atoms with van der Waals surface area (Å²) in [7, 11) is 0. The number of hydrogen-bond donors (Lipinski definition) is 2. The standard InChI is InChI=1S/C14H15N3O3/c18-12-8-4-1-2-5-9(8)13(19)11(12)16-17-14(20)10-6-3-7-15-10/h3,6-9,15,18H,1-2,4-5H2. The fraction of sp³-hybridized carbons (Fsp3) is 0.429. The number of carbonyl (C=O) groups excluding carboxylic acids is 2. The maximum atomic E-state index is 12.2. The molecular formula is C14H15N3O3. The number of allylic oxidation sites excluding steroid dienone is 2. The number of amides is 1. The fourth-order valence-corrected chi connectivity index (χ4v) is 2.96. The van der Waals surface area contributed by atoms with Crippen LogP contribution in [0.5, 0.6) is 0 Å². The highest BCUT2D eigenvalue weighted by molar-refractivity contribution is 6.01. The Morgan fingerprint density at radius 3 is 2.70 bits per heavy atom. The Balaban J connectivity index is 1.81. The summed E-state index contributed by atoms with van der Waals surface area (Å²) in [4.78, 5) is 26.6. The lowest BCUT2D eigenvalue weighted by Gasteiger charge is -2.23. The Morgan fingerprint density at radius 2 is 2.05 bits per heavy atom. The molecule has 2 N–H and O–H groups in total. The smallest absolute Gasteiger partial charge is 0.311 e. The molecule has 1 saturated carbocycles. The zero-order chi connectivity index (χ0) is 14.1. The molecule has 3 rings (SSSR count). The molecule has 0 saturated heterocycles. The van der Waals surface area contributed by atoms with Gasteiger partial charge >= 0.3 is 5.91 Å². The van der Waals surface area contributed by atoms with Crippen LogP contribution in [0.15, 0.2) is 40.0 Å². The van der Waals surface area contributed by atoms with Crippen molar-refractivity contribution >= 4 is 11.7 Å². The third-order valence-corrected chi connectivity index (χ3v) is 4.00. The van der Waals surface area contributed by atoms with Crippen molar-refractivity contribution in [2.45, 2.75) is 25.7 Å². The van der Waals surface area contributed by atoms with Gasteiger partial charge in [-0.2, -0.15) is 0 Å². The van der Waals surface area contributed by atoms with Gasteiger partial charge in [0.25, 0.3) is 0 Å². The molecule has 1 fully saturated rings. The number of aliphatic hydroxyl groups is 1. The molecular weight excluding hydrogens is 258 g/mol. The molecule has 0 aliphatic heterocycles. The summed E-state index contributed by atoms with van der Waals surface area (Å²) >= 11 is 0. The second-order valence-electron chi connectivity index (χ2n) is 5.18. The monoisotopic (exact) mass is 273 g/mol. The molecule has 6 heteroatoms. The van der Waals surface area contributed by atoms with E-state index < -0.39 is 5.91 Å². The quantitative estimate of drug-likeness (QED) is 0.811. The fourth-order valence-electron chi connectivity index (χ4n) is 2.96. The molecule has 0 spiro atoms. The zero-order valence-corrected chi connectivity index (χ0v) is 10.9. The summed E-state index contributed by atoms with van der Waals surface area (Å²) in [5.41, 5.74) is 0.263. The highest BCUT2D eigenvalue weighted by Crippen LogP contribution is 2.42. The number of hydrogen-bond acceptors (Lipinski definition) is 4. The Labute approximate surface area is 115 Å². The molecule has 2 aliphatic carbocycles. The van der Waals surface area contributed by atoms with Gasteiger partial charge in [0.2, 0.25) is 0 Å². The first-order valence-electron chi connectivity index (χ1n) is 6.75. The third-order valence-electron chi connectivity index (χ3n) is 4.00. The van der Waals surface area contributed by atoms with Gasteiger partial charge in [0.1, 0.15) is 11.5 Å². The molecule has 2 aliphatic rings. The van der Waals surface area contributed by atoms with Crippen molar-refractivity contribution in [3.63, 3.8) is 0 Å². The number of fused-ring (bicyclic) bond motifs is 1. The summed E-state index contributed by atoms with van der Waals surface area (Å²) in [6.07, 6.45) is 5.17. The van der Waals surface area contributed by atoms with E-state index in [1.807, 2.05) is 0 Å². The predicted molar refractivity (Wildman–Crippen MR) is 70.1 cm³/mol. The summed E-state index contributed by atoms with van der Waals surface area (Å²) in [5.74, 6) is -1.06. The summed E-state index contributed by atoms with van der Waals surface area (Å²) < 4.78 is 0. The summed E-state index contributed by atoms with van der Waals surface area (Å²) in [6, 6.07) is 3.25. The third kappa shape index (κ3) is 2.07. The first-order chi connectivity index (χ1) is 9.68. The average molecular weight is 273 g/mol. The minimum Gasteiger partial charge on any atom is -0.510 e. The lowest BCUT2D eigenvalue weighted by molar-refractivity contribution is -0.120. The number of nitrogens with one attached hydrogen (secondary N) is 1. The van der Waals surface area contributed by atoms with E-state index in [0.717, 1.165) is 25.7 Å². The minimum absolute atomic E-state index is 0.00253. The Hall–Kier alpha value is -2.24. The molecule has 2 unspecified atom stereocenters. The van der Waals surface area contributed by atoms with Crippen LogP contribution in [0.1, 0.15) is 36.2 Å². The van der Waals surface area contributed by atoms with E-state index >= 15 is 0 Å². The summed E-state index contributed by atoms with van der Waals surface area (Å²) in [6.45, 7) is 0. The zero-order valence-electron chi connectivity index (χ0n) is 10.9. The Morgan fingerprint density at radius 1 is 1.30 bits per heavy atom. The van der Waals surface area contributed by atoms with Gasteiger partial charge in [0.05, 0.1) is 0 Å². The number of aromatic amines is 1. The van der Waals surface area contributed by atoms with Crippen LogP contribution in [0.25, 0.3) is 0 Å². The van der Waals surface area contributed by atoms with Crippen LogP contribution < -0.4 is 0 Å². The maximum Gasteiger partial charge on any atom is 0.311 e. The van der Waals surface area contributed by atoms with Gasteiger partial charge in [-0.05, 0) is 25.0 Å². The maximum absolute atomic E-state index is 12.2. The highest BCUT2D eigenvalue weighted by atomic mass is 16.3. The largest absolute Gasteiger partial charge is 0.510 e. The minimum atomic E-state index is -0.557. The van der Waals surface area contributed by atoms with E-state index in [2.05, 4.69) is 15.2 Å². The second kappa shape index (κ2) is 5.03. The number of azo groups is 1. The van der Waals surface area contributed by atoms with Gasteiger partial charge in [-0.1, -0.05) is 12.8 Å². The van der Waals surface area contributed by atoms with Gasteiger partial charge in [-0.3, -0.25) is 9.59 Å². The van der Waals surface area contributed by atoms with Crippen LogP contribution in [0.3, 0.4) is 0 Å². The second-order valence-corrected chi connectivity index (χ2v) is 5.18. The van der Waals surface area contributed by atoms with Crippen LogP contribution in [0, 0.1) is 11.8 Å². The van der Waals surface area contributed by atoms with Crippen LogP contribution in [-0.2, 0) is 4.79 Å². The van der Waals surface area contributed by atoms with Crippen LogP contribution in [0.4, 0.5) is 0 Å². The normalized spacial score (nSPS) is 26.3. The first-order valence-corrected chi connectivity index (χ1v) is 6.75. The molecule has 104 valence electrons. The molecule has 1 aromatic heterocycles. The van der Waals surface area contributed by atoms with Crippen LogP contribution >= 0.6 is 0 Å². The van der Waals surface area contributed by atoms with Crippen LogP contribution in [-0.4, -0.2) is 21.8 Å². The van der Waals surface area contributed by atoms with Gasteiger partial charge in [-0.25, -0.2) is 0 Å². The van der Waals surface area contributed by atoms with E-state index in [1.54, 1.807) is 18.3 Å². The lowest BCUT2D eigenvalue weighted by atomic mass is 9.80.